The number of rotatable bonds is 2. The van der Waals surface area contributed by atoms with Gasteiger partial charge in [0.2, 0.25) is 0 Å². The van der Waals surface area contributed by atoms with Crippen LogP contribution in [0.2, 0.25) is 0 Å². The van der Waals surface area contributed by atoms with Crippen LogP contribution < -0.4 is 11.1 Å². The number of nitrogen functional groups attached to an aromatic ring is 1. The number of halogens is 3. The van der Waals surface area contributed by atoms with Crippen LogP contribution in [0.25, 0.3) is 0 Å². The number of nitrogens with one attached hydrogen (secondary N) is 2. The summed E-state index contributed by atoms with van der Waals surface area (Å²) in [6, 6.07) is 3.14. The molecule has 1 amide bonds. The van der Waals surface area contributed by atoms with E-state index in [1.807, 2.05) is 0 Å². The van der Waals surface area contributed by atoms with Gasteiger partial charge in [-0.05, 0) is 31.5 Å². The van der Waals surface area contributed by atoms with Crippen LogP contribution in [0.5, 0.6) is 0 Å². The number of carbonyl (C=O) groups is 1. The zero-order valence-corrected chi connectivity index (χ0v) is 11.3. The molecule has 0 spiro atoms. The third kappa shape index (κ3) is 2.99. The van der Waals surface area contributed by atoms with Crippen molar-refractivity contribution in [2.24, 2.45) is 0 Å². The maximum Gasteiger partial charge on any atom is 0.416 e. The van der Waals surface area contributed by atoms with Gasteiger partial charge in [0, 0.05) is 11.4 Å². The summed E-state index contributed by atoms with van der Waals surface area (Å²) in [5.74, 6) is -0.615. The SMILES string of the molecule is Cc1ccc(C(F)(F)F)cc1NC(=O)c1c(N)n[nH]c1C. The van der Waals surface area contributed by atoms with Gasteiger partial charge in [-0.15, -0.1) is 0 Å². The first kappa shape index (κ1) is 14.9. The molecule has 0 radical (unpaired) electrons. The Morgan fingerprint density at radius 3 is 2.52 bits per heavy atom. The molecule has 0 saturated heterocycles. The number of nitrogens with two attached hydrogens (primary N) is 1. The van der Waals surface area contributed by atoms with E-state index in [0.717, 1.165) is 12.1 Å². The molecule has 8 heteroatoms. The fourth-order valence-corrected chi connectivity index (χ4v) is 1.85. The zero-order valence-electron chi connectivity index (χ0n) is 11.3. The predicted octanol–water partition coefficient (Wildman–Crippen LogP) is 2.88. The van der Waals surface area contributed by atoms with Crippen molar-refractivity contribution < 1.29 is 18.0 Å². The Bertz CT molecular complexity index is 672. The highest BCUT2D eigenvalue weighted by molar-refractivity contribution is 6.08. The fraction of sp³-hybridized carbons (Fsp3) is 0.231. The molecule has 0 aliphatic carbocycles. The number of benzene rings is 1. The molecule has 1 aromatic carbocycles. The Labute approximate surface area is 118 Å². The summed E-state index contributed by atoms with van der Waals surface area (Å²) >= 11 is 0. The van der Waals surface area contributed by atoms with Gasteiger partial charge in [0.25, 0.3) is 5.91 Å². The van der Waals surface area contributed by atoms with E-state index in [2.05, 4.69) is 15.5 Å². The van der Waals surface area contributed by atoms with Gasteiger partial charge in [-0.1, -0.05) is 6.07 Å². The van der Waals surface area contributed by atoms with Crippen LogP contribution >= 0.6 is 0 Å². The summed E-state index contributed by atoms with van der Waals surface area (Å²) in [5, 5.41) is 8.64. The average molecular weight is 298 g/mol. The second-order valence-electron chi connectivity index (χ2n) is 4.59. The number of hydrogen-bond donors (Lipinski definition) is 3. The smallest absolute Gasteiger partial charge is 0.382 e. The van der Waals surface area contributed by atoms with E-state index in [0.29, 0.717) is 11.3 Å². The fourth-order valence-electron chi connectivity index (χ4n) is 1.85. The standard InChI is InChI=1S/C13H13F3N4O/c1-6-3-4-8(13(14,15)16)5-9(6)18-12(21)10-7(2)19-20-11(10)17/h3-5H,1-2H3,(H,18,21)(H3,17,19,20). The van der Waals surface area contributed by atoms with Crippen molar-refractivity contribution in [1.82, 2.24) is 10.2 Å². The zero-order chi connectivity index (χ0) is 15.8. The lowest BCUT2D eigenvalue weighted by atomic mass is 10.1. The molecule has 2 rings (SSSR count). The van der Waals surface area contributed by atoms with Crippen LogP contribution in [0, 0.1) is 13.8 Å². The first-order valence-corrected chi connectivity index (χ1v) is 5.99. The molecular formula is C13H13F3N4O. The molecule has 0 unspecified atom stereocenters. The predicted molar refractivity (Wildman–Crippen MR) is 71.9 cm³/mol. The lowest BCUT2D eigenvalue weighted by molar-refractivity contribution is -0.137. The molecule has 0 saturated carbocycles. The molecule has 0 aliphatic heterocycles. The van der Waals surface area contributed by atoms with Crippen LogP contribution in [0.1, 0.15) is 27.2 Å². The monoisotopic (exact) mass is 298 g/mol. The van der Waals surface area contributed by atoms with Gasteiger partial charge in [-0.2, -0.15) is 18.3 Å². The number of hydrogen-bond acceptors (Lipinski definition) is 3. The number of carbonyl (C=O) groups excluding carboxylic acids is 1. The van der Waals surface area contributed by atoms with Crippen LogP contribution in [-0.2, 0) is 6.18 Å². The Kier molecular flexibility index (Phi) is 3.63. The second kappa shape index (κ2) is 5.12. The number of H-pyrrole nitrogens is 1. The molecule has 21 heavy (non-hydrogen) atoms. The van der Waals surface area contributed by atoms with Crippen molar-refractivity contribution in [3.8, 4) is 0 Å². The highest BCUT2D eigenvalue weighted by Gasteiger charge is 2.31. The van der Waals surface area contributed by atoms with E-state index in [4.69, 9.17) is 5.73 Å². The van der Waals surface area contributed by atoms with Crippen molar-refractivity contribution in [3.63, 3.8) is 0 Å². The third-order valence-electron chi connectivity index (χ3n) is 3.02. The Morgan fingerprint density at radius 2 is 2.00 bits per heavy atom. The first-order valence-electron chi connectivity index (χ1n) is 5.99. The highest BCUT2D eigenvalue weighted by atomic mass is 19.4. The minimum Gasteiger partial charge on any atom is -0.382 e. The van der Waals surface area contributed by atoms with Crippen molar-refractivity contribution in [1.29, 1.82) is 0 Å². The van der Waals surface area contributed by atoms with Gasteiger partial charge in [0.15, 0.2) is 5.82 Å². The molecule has 2 aromatic rings. The lowest BCUT2D eigenvalue weighted by Gasteiger charge is -2.12. The molecule has 0 atom stereocenters. The minimum atomic E-state index is -4.47. The minimum absolute atomic E-state index is 0.00497. The van der Waals surface area contributed by atoms with Crippen molar-refractivity contribution in [3.05, 3.63) is 40.6 Å². The molecule has 1 aromatic heterocycles. The number of anilines is 2. The van der Waals surface area contributed by atoms with E-state index in [9.17, 15) is 18.0 Å². The molecule has 4 N–H and O–H groups in total. The van der Waals surface area contributed by atoms with Crippen LogP contribution in [-0.4, -0.2) is 16.1 Å². The van der Waals surface area contributed by atoms with E-state index in [1.54, 1.807) is 13.8 Å². The summed E-state index contributed by atoms with van der Waals surface area (Å²) in [6.45, 7) is 3.19. The molecule has 112 valence electrons. The Morgan fingerprint density at radius 1 is 1.33 bits per heavy atom. The molecule has 0 aliphatic rings. The second-order valence-corrected chi connectivity index (χ2v) is 4.59. The summed E-state index contributed by atoms with van der Waals surface area (Å²) in [5.41, 5.74) is 5.86. The molecule has 0 fully saturated rings. The average Bonchev–Trinajstić information content (AvgIpc) is 2.70. The van der Waals surface area contributed by atoms with Gasteiger partial charge in [0.05, 0.1) is 5.56 Å². The number of amides is 1. The topological polar surface area (TPSA) is 83.8 Å². The van der Waals surface area contributed by atoms with Gasteiger partial charge < -0.3 is 11.1 Å². The van der Waals surface area contributed by atoms with E-state index in [-0.39, 0.29) is 17.1 Å². The Balaban J connectivity index is 2.34. The molecule has 0 bridgehead atoms. The summed E-state index contributed by atoms with van der Waals surface area (Å²) < 4.78 is 38.1. The lowest BCUT2D eigenvalue weighted by Crippen LogP contribution is -2.16. The molecular weight excluding hydrogens is 285 g/mol. The quantitative estimate of drug-likeness (QED) is 0.797. The van der Waals surface area contributed by atoms with Gasteiger partial charge >= 0.3 is 6.18 Å². The van der Waals surface area contributed by atoms with E-state index in [1.165, 1.54) is 6.07 Å². The van der Waals surface area contributed by atoms with Crippen molar-refractivity contribution in [2.45, 2.75) is 20.0 Å². The number of alkyl halides is 3. The summed E-state index contributed by atoms with van der Waals surface area (Å²) in [7, 11) is 0. The van der Waals surface area contributed by atoms with Crippen LogP contribution in [0.3, 0.4) is 0 Å². The largest absolute Gasteiger partial charge is 0.416 e. The number of aryl methyl sites for hydroxylation is 2. The Hall–Kier alpha value is -2.51. The normalized spacial score (nSPS) is 11.5. The maximum atomic E-state index is 12.7. The van der Waals surface area contributed by atoms with Crippen molar-refractivity contribution in [2.75, 3.05) is 11.1 Å². The number of nitrogens with zero attached hydrogens (tertiary/aromatic N) is 1. The van der Waals surface area contributed by atoms with E-state index < -0.39 is 17.6 Å². The van der Waals surface area contributed by atoms with Crippen molar-refractivity contribution >= 4 is 17.4 Å². The highest BCUT2D eigenvalue weighted by Crippen LogP contribution is 2.32. The first-order chi connectivity index (χ1) is 9.70. The van der Waals surface area contributed by atoms with Gasteiger partial charge in [0.1, 0.15) is 5.56 Å². The molecule has 1 heterocycles. The van der Waals surface area contributed by atoms with Gasteiger partial charge in [-0.3, -0.25) is 9.89 Å². The van der Waals surface area contributed by atoms with E-state index >= 15 is 0 Å². The number of aromatic amines is 1. The maximum absolute atomic E-state index is 12.7. The summed E-state index contributed by atoms with van der Waals surface area (Å²) in [6.07, 6.45) is -4.47. The van der Waals surface area contributed by atoms with Crippen LogP contribution in [0.4, 0.5) is 24.7 Å². The summed E-state index contributed by atoms with van der Waals surface area (Å²) in [4.78, 5) is 12.1. The molecule has 5 nitrogen and oxygen atoms in total. The van der Waals surface area contributed by atoms with Crippen LogP contribution in [0.15, 0.2) is 18.2 Å². The third-order valence-corrected chi connectivity index (χ3v) is 3.02. The van der Waals surface area contributed by atoms with Gasteiger partial charge in [-0.25, -0.2) is 0 Å². The number of aromatic nitrogens is 2.